The lowest BCUT2D eigenvalue weighted by Crippen LogP contribution is -2.33. The van der Waals surface area contributed by atoms with Gasteiger partial charge in [0.2, 0.25) is 5.91 Å². The van der Waals surface area contributed by atoms with Gasteiger partial charge in [0.1, 0.15) is 16.9 Å². The van der Waals surface area contributed by atoms with E-state index in [4.69, 9.17) is 10.2 Å². The van der Waals surface area contributed by atoms with E-state index >= 15 is 0 Å². The van der Waals surface area contributed by atoms with E-state index in [1.807, 2.05) is 5.38 Å². The molecule has 1 amide bonds. The number of hydrogen-bond donors (Lipinski definition) is 2. The average Bonchev–Trinajstić information content (AvgIpc) is 3.32. The Morgan fingerprint density at radius 2 is 2.32 bits per heavy atom. The number of nitriles is 1. The Morgan fingerprint density at radius 1 is 1.44 bits per heavy atom. The standard InChI is InChI=1S/C18H21N5OS/c19-10-12-7-9-25-18(12)22-16(24)11-23-8-3-6-15(23)17-20-13-4-1-2-5-14(13)21-17/h7,9,15H,1-6,8,11H2,(H,20,21)(H,22,24)/t15-/m0/s1. The first-order chi connectivity index (χ1) is 12.2. The molecule has 1 fully saturated rings. The summed E-state index contributed by atoms with van der Waals surface area (Å²) in [6.07, 6.45) is 6.71. The van der Waals surface area contributed by atoms with Crippen molar-refractivity contribution in [1.29, 1.82) is 5.26 Å². The number of nitrogens with zero attached hydrogens (tertiary/aromatic N) is 3. The predicted molar refractivity (Wildman–Crippen MR) is 96.4 cm³/mol. The highest BCUT2D eigenvalue weighted by Gasteiger charge is 2.31. The van der Waals surface area contributed by atoms with Gasteiger partial charge < -0.3 is 10.3 Å². The lowest BCUT2D eigenvalue weighted by Gasteiger charge is -2.22. The third-order valence-corrected chi connectivity index (χ3v) is 5.87. The highest BCUT2D eigenvalue weighted by molar-refractivity contribution is 7.14. The summed E-state index contributed by atoms with van der Waals surface area (Å²) < 4.78 is 0. The highest BCUT2D eigenvalue weighted by atomic mass is 32.1. The van der Waals surface area contributed by atoms with Gasteiger partial charge in [-0.1, -0.05) is 0 Å². The third-order valence-electron chi connectivity index (χ3n) is 5.04. The molecule has 2 aromatic heterocycles. The van der Waals surface area contributed by atoms with Gasteiger partial charge in [0.25, 0.3) is 0 Å². The first kappa shape index (κ1) is 16.3. The number of H-pyrrole nitrogens is 1. The number of thiophene rings is 1. The van der Waals surface area contributed by atoms with Crippen LogP contribution in [0.15, 0.2) is 11.4 Å². The summed E-state index contributed by atoms with van der Waals surface area (Å²) in [7, 11) is 0. The van der Waals surface area contributed by atoms with E-state index in [1.54, 1.807) is 6.07 Å². The highest BCUT2D eigenvalue weighted by Crippen LogP contribution is 2.32. The van der Waals surface area contributed by atoms with Gasteiger partial charge in [0.15, 0.2) is 0 Å². The number of anilines is 1. The summed E-state index contributed by atoms with van der Waals surface area (Å²) >= 11 is 1.38. The minimum Gasteiger partial charge on any atom is -0.344 e. The molecule has 6 nitrogen and oxygen atoms in total. The van der Waals surface area contributed by atoms with Crippen molar-refractivity contribution >= 4 is 22.2 Å². The number of fused-ring (bicyclic) bond motifs is 1. The largest absolute Gasteiger partial charge is 0.344 e. The van der Waals surface area contributed by atoms with E-state index in [0.717, 1.165) is 38.1 Å². The number of likely N-dealkylation sites (tertiary alicyclic amines) is 1. The predicted octanol–water partition coefficient (Wildman–Crippen LogP) is 3.00. The Labute approximate surface area is 150 Å². The summed E-state index contributed by atoms with van der Waals surface area (Å²) in [6, 6.07) is 4.02. The van der Waals surface area contributed by atoms with Crippen LogP contribution in [0.4, 0.5) is 5.00 Å². The molecule has 1 aliphatic carbocycles. The summed E-state index contributed by atoms with van der Waals surface area (Å²) in [5, 5.41) is 14.4. The van der Waals surface area contributed by atoms with Gasteiger partial charge in [-0.2, -0.15) is 5.26 Å². The Morgan fingerprint density at radius 3 is 3.16 bits per heavy atom. The minimum absolute atomic E-state index is 0.0674. The van der Waals surface area contributed by atoms with Crippen LogP contribution in [0.25, 0.3) is 0 Å². The molecule has 2 N–H and O–H groups in total. The van der Waals surface area contributed by atoms with Crippen LogP contribution in [0.5, 0.6) is 0 Å². The number of carbonyl (C=O) groups is 1. The van der Waals surface area contributed by atoms with Gasteiger partial charge >= 0.3 is 0 Å². The maximum absolute atomic E-state index is 12.4. The first-order valence-corrected chi connectivity index (χ1v) is 9.71. The molecule has 4 rings (SSSR count). The van der Waals surface area contributed by atoms with Crippen LogP contribution in [0, 0.1) is 11.3 Å². The number of amides is 1. The quantitative estimate of drug-likeness (QED) is 0.883. The van der Waals surface area contributed by atoms with E-state index in [9.17, 15) is 4.79 Å². The number of aromatic amines is 1. The van der Waals surface area contributed by atoms with E-state index in [2.05, 4.69) is 21.3 Å². The second-order valence-corrected chi connectivity index (χ2v) is 7.62. The molecular weight excluding hydrogens is 334 g/mol. The zero-order chi connectivity index (χ0) is 17.2. The molecule has 3 heterocycles. The third kappa shape index (κ3) is 3.32. The Kier molecular flexibility index (Phi) is 4.55. The maximum Gasteiger partial charge on any atom is 0.239 e. The molecule has 7 heteroatoms. The van der Waals surface area contributed by atoms with Gasteiger partial charge in [0, 0.05) is 5.69 Å². The van der Waals surface area contributed by atoms with Crippen molar-refractivity contribution in [3.63, 3.8) is 0 Å². The second-order valence-electron chi connectivity index (χ2n) is 6.71. The van der Waals surface area contributed by atoms with E-state index in [1.165, 1.54) is 35.6 Å². The summed E-state index contributed by atoms with van der Waals surface area (Å²) in [5.74, 6) is 0.952. The Balaban J connectivity index is 1.44. The van der Waals surface area contributed by atoms with Crippen molar-refractivity contribution < 1.29 is 4.79 Å². The van der Waals surface area contributed by atoms with Crippen molar-refractivity contribution in [2.45, 2.75) is 44.6 Å². The van der Waals surface area contributed by atoms with Gasteiger partial charge in [0.05, 0.1) is 23.8 Å². The van der Waals surface area contributed by atoms with Gasteiger partial charge in [-0.25, -0.2) is 4.98 Å². The zero-order valence-corrected chi connectivity index (χ0v) is 14.9. The molecule has 25 heavy (non-hydrogen) atoms. The van der Waals surface area contributed by atoms with Crippen LogP contribution in [0.2, 0.25) is 0 Å². The van der Waals surface area contributed by atoms with Crippen molar-refractivity contribution in [3.05, 3.63) is 34.2 Å². The van der Waals surface area contributed by atoms with Crippen LogP contribution >= 0.6 is 11.3 Å². The molecule has 0 aromatic carbocycles. The number of aryl methyl sites for hydroxylation is 2. The lowest BCUT2D eigenvalue weighted by atomic mass is 10.0. The van der Waals surface area contributed by atoms with Crippen molar-refractivity contribution in [1.82, 2.24) is 14.9 Å². The number of rotatable bonds is 4. The number of carbonyl (C=O) groups excluding carboxylic acids is 1. The number of aromatic nitrogens is 2. The molecule has 2 aliphatic rings. The summed E-state index contributed by atoms with van der Waals surface area (Å²) in [4.78, 5) is 23.0. The molecule has 1 atom stereocenters. The van der Waals surface area contributed by atoms with Gasteiger partial charge in [-0.3, -0.25) is 9.69 Å². The van der Waals surface area contributed by atoms with Gasteiger partial charge in [-0.15, -0.1) is 11.3 Å². The lowest BCUT2D eigenvalue weighted by molar-refractivity contribution is -0.117. The smallest absolute Gasteiger partial charge is 0.239 e. The molecule has 0 radical (unpaired) electrons. The molecule has 1 saturated heterocycles. The number of imidazole rings is 1. The van der Waals surface area contributed by atoms with Crippen LogP contribution in [0.3, 0.4) is 0 Å². The molecule has 1 aliphatic heterocycles. The van der Waals surface area contributed by atoms with Crippen LogP contribution in [-0.2, 0) is 17.6 Å². The summed E-state index contributed by atoms with van der Waals surface area (Å²) in [5.41, 5.74) is 3.03. The topological polar surface area (TPSA) is 84.8 Å². The Bertz CT molecular complexity index is 794. The Hall–Kier alpha value is -2.17. The van der Waals surface area contributed by atoms with Crippen LogP contribution in [-0.4, -0.2) is 33.9 Å². The fourth-order valence-electron chi connectivity index (χ4n) is 3.80. The van der Waals surface area contributed by atoms with E-state index < -0.39 is 0 Å². The first-order valence-electron chi connectivity index (χ1n) is 8.84. The minimum atomic E-state index is -0.0674. The fourth-order valence-corrected chi connectivity index (χ4v) is 4.56. The maximum atomic E-state index is 12.4. The normalized spacial score (nSPS) is 20.2. The van der Waals surface area contributed by atoms with E-state index in [0.29, 0.717) is 17.1 Å². The zero-order valence-electron chi connectivity index (χ0n) is 14.0. The molecule has 0 spiro atoms. The van der Waals surface area contributed by atoms with Crippen LogP contribution < -0.4 is 5.32 Å². The van der Waals surface area contributed by atoms with Gasteiger partial charge in [-0.05, 0) is 56.5 Å². The number of hydrogen-bond acceptors (Lipinski definition) is 5. The molecule has 0 unspecified atom stereocenters. The van der Waals surface area contributed by atoms with E-state index in [-0.39, 0.29) is 11.9 Å². The van der Waals surface area contributed by atoms with Crippen molar-refractivity contribution in [2.75, 3.05) is 18.4 Å². The molecule has 0 saturated carbocycles. The molecular formula is C18H21N5OS. The average molecular weight is 355 g/mol. The SMILES string of the molecule is N#Cc1ccsc1NC(=O)CN1CCC[C@H]1c1nc2c([nH]1)CCCC2. The van der Waals surface area contributed by atoms with Crippen molar-refractivity contribution in [2.24, 2.45) is 0 Å². The van der Waals surface area contributed by atoms with Crippen molar-refractivity contribution in [3.8, 4) is 6.07 Å². The second kappa shape index (κ2) is 6.98. The molecule has 2 aromatic rings. The number of nitrogens with one attached hydrogen (secondary N) is 2. The van der Waals surface area contributed by atoms with Crippen LogP contribution in [0.1, 0.15) is 54.5 Å². The summed E-state index contributed by atoms with van der Waals surface area (Å²) in [6.45, 7) is 1.23. The molecule has 130 valence electrons. The monoisotopic (exact) mass is 355 g/mol. The molecule has 0 bridgehead atoms. The fraction of sp³-hybridized carbons (Fsp3) is 0.500.